The quantitative estimate of drug-likeness (QED) is 0.757. The summed E-state index contributed by atoms with van der Waals surface area (Å²) in [5.41, 5.74) is 1.19. The van der Waals surface area contributed by atoms with Gasteiger partial charge in [-0.1, -0.05) is 24.6 Å². The minimum Gasteiger partial charge on any atom is -0.269 e. The fourth-order valence-corrected chi connectivity index (χ4v) is 4.19. The van der Waals surface area contributed by atoms with Gasteiger partial charge < -0.3 is 0 Å². The summed E-state index contributed by atoms with van der Waals surface area (Å²) >= 11 is 5.93. The molecule has 0 saturated carbocycles. The Bertz CT molecular complexity index is 718. The first-order valence-corrected chi connectivity index (χ1v) is 10.7. The third kappa shape index (κ3) is 5.75. The van der Waals surface area contributed by atoms with Crippen LogP contribution in [0.3, 0.4) is 0 Å². The van der Waals surface area contributed by atoms with Gasteiger partial charge in [-0.3, -0.25) is 4.31 Å². The molecule has 0 spiro atoms. The summed E-state index contributed by atoms with van der Waals surface area (Å²) < 4.78 is 50.8. The van der Waals surface area contributed by atoms with Gasteiger partial charge in [-0.25, -0.2) is 21.6 Å². The minimum absolute atomic E-state index is 0.00135. The van der Waals surface area contributed by atoms with Crippen molar-refractivity contribution in [1.29, 1.82) is 0 Å². The summed E-state index contributed by atoms with van der Waals surface area (Å²) in [6.07, 6.45) is 1.58. The van der Waals surface area contributed by atoms with Crippen LogP contribution in [0.25, 0.3) is 0 Å². The van der Waals surface area contributed by atoms with Crippen molar-refractivity contribution in [2.24, 2.45) is 0 Å². The van der Waals surface area contributed by atoms with Crippen LogP contribution >= 0.6 is 11.6 Å². The monoisotopic (exact) mass is 368 g/mol. The van der Waals surface area contributed by atoms with E-state index in [-0.39, 0.29) is 18.8 Å². The van der Waals surface area contributed by atoms with Gasteiger partial charge in [0.05, 0.1) is 17.7 Å². The molecule has 22 heavy (non-hydrogen) atoms. The first-order valence-electron chi connectivity index (χ1n) is 6.78. The molecule has 9 heteroatoms. The largest absolute Gasteiger partial charge is 0.269 e. The van der Waals surface area contributed by atoms with Crippen molar-refractivity contribution in [3.05, 3.63) is 28.8 Å². The van der Waals surface area contributed by atoms with Crippen molar-refractivity contribution >= 4 is 37.3 Å². The molecule has 6 nitrogen and oxygen atoms in total. The number of halogens is 1. The Morgan fingerprint density at radius 2 is 1.86 bits per heavy atom. The lowest BCUT2D eigenvalue weighted by Gasteiger charge is -2.24. The summed E-state index contributed by atoms with van der Waals surface area (Å²) in [5, 5.41) is 0.417. The second-order valence-electron chi connectivity index (χ2n) is 4.98. The van der Waals surface area contributed by atoms with Gasteiger partial charge in [0.1, 0.15) is 0 Å². The molecule has 0 aliphatic carbocycles. The summed E-state index contributed by atoms with van der Waals surface area (Å²) in [4.78, 5) is 0. The molecule has 1 N–H and O–H groups in total. The molecule has 1 aromatic rings. The predicted octanol–water partition coefficient (Wildman–Crippen LogP) is 1.74. The van der Waals surface area contributed by atoms with Crippen LogP contribution in [0, 0.1) is 6.92 Å². The van der Waals surface area contributed by atoms with Crippen molar-refractivity contribution in [3.63, 3.8) is 0 Å². The van der Waals surface area contributed by atoms with E-state index in [1.807, 2.05) is 0 Å². The Hall–Kier alpha value is -0.830. The van der Waals surface area contributed by atoms with Crippen molar-refractivity contribution in [3.8, 4) is 0 Å². The first-order chi connectivity index (χ1) is 10.1. The highest BCUT2D eigenvalue weighted by atomic mass is 35.5. The van der Waals surface area contributed by atoms with E-state index in [4.69, 9.17) is 11.6 Å². The van der Waals surface area contributed by atoms with Crippen LogP contribution in [0.5, 0.6) is 0 Å². The van der Waals surface area contributed by atoms with Crippen LogP contribution in [-0.2, 0) is 20.0 Å². The average molecular weight is 369 g/mol. The number of nitrogens with one attached hydrogen (secondary N) is 1. The fourth-order valence-electron chi connectivity index (χ4n) is 1.96. The smallest absolute Gasteiger partial charge is 0.232 e. The van der Waals surface area contributed by atoms with E-state index >= 15 is 0 Å². The number of hydrogen-bond donors (Lipinski definition) is 1. The van der Waals surface area contributed by atoms with Crippen LogP contribution in [0.15, 0.2) is 18.2 Å². The van der Waals surface area contributed by atoms with Gasteiger partial charge in [0.15, 0.2) is 0 Å². The Morgan fingerprint density at radius 3 is 2.41 bits per heavy atom. The van der Waals surface area contributed by atoms with Gasteiger partial charge in [-0.15, -0.1) is 0 Å². The Kier molecular flexibility index (Phi) is 6.66. The molecule has 0 heterocycles. The number of benzene rings is 1. The molecule has 0 atom stereocenters. The van der Waals surface area contributed by atoms with Gasteiger partial charge >= 0.3 is 0 Å². The number of anilines is 1. The standard InChI is InChI=1S/C13H21ClN2O4S2/c1-4-9-22(19,20)15-7-8-16(21(3,17)18)13-10-12(14)6-5-11(13)2/h5-6,10,15H,4,7-9H2,1-3H3. The molecule has 0 aromatic heterocycles. The van der Waals surface area contributed by atoms with Gasteiger partial charge in [0.25, 0.3) is 0 Å². The molecule has 0 radical (unpaired) electrons. The molecule has 126 valence electrons. The molecular weight excluding hydrogens is 348 g/mol. The lowest BCUT2D eigenvalue weighted by molar-refractivity contribution is 0.577. The highest BCUT2D eigenvalue weighted by Crippen LogP contribution is 2.25. The molecule has 0 aliphatic rings. The van der Waals surface area contributed by atoms with E-state index in [9.17, 15) is 16.8 Å². The maximum absolute atomic E-state index is 12.0. The lowest BCUT2D eigenvalue weighted by atomic mass is 10.2. The van der Waals surface area contributed by atoms with Crippen molar-refractivity contribution in [1.82, 2.24) is 4.72 Å². The Labute approximate surface area is 137 Å². The fraction of sp³-hybridized carbons (Fsp3) is 0.538. The number of rotatable bonds is 8. The summed E-state index contributed by atoms with van der Waals surface area (Å²) in [7, 11) is -6.92. The molecule has 0 bridgehead atoms. The number of hydrogen-bond acceptors (Lipinski definition) is 4. The van der Waals surface area contributed by atoms with E-state index in [1.54, 1.807) is 32.0 Å². The van der Waals surface area contributed by atoms with Crippen LogP contribution in [0.2, 0.25) is 5.02 Å². The number of sulfonamides is 2. The van der Waals surface area contributed by atoms with Crippen LogP contribution in [-0.4, -0.2) is 41.9 Å². The lowest BCUT2D eigenvalue weighted by Crippen LogP contribution is -2.39. The molecule has 0 amide bonds. The van der Waals surface area contributed by atoms with Crippen LogP contribution < -0.4 is 9.03 Å². The SMILES string of the molecule is CCCS(=O)(=O)NCCN(c1cc(Cl)ccc1C)S(C)(=O)=O. The third-order valence-corrected chi connectivity index (χ3v) is 5.95. The Morgan fingerprint density at radius 1 is 1.23 bits per heavy atom. The maximum Gasteiger partial charge on any atom is 0.232 e. The molecular formula is C13H21ClN2O4S2. The minimum atomic E-state index is -3.55. The zero-order valence-corrected chi connectivity index (χ0v) is 15.2. The van der Waals surface area contributed by atoms with E-state index in [0.717, 1.165) is 16.1 Å². The molecule has 0 aliphatic heterocycles. The average Bonchev–Trinajstić information content (AvgIpc) is 2.36. The summed E-state index contributed by atoms with van der Waals surface area (Å²) in [5.74, 6) is 0.0159. The zero-order chi connectivity index (χ0) is 17.0. The maximum atomic E-state index is 12.0. The van der Waals surface area contributed by atoms with E-state index in [0.29, 0.717) is 17.1 Å². The van der Waals surface area contributed by atoms with Gasteiger partial charge in [-0.2, -0.15) is 0 Å². The summed E-state index contributed by atoms with van der Waals surface area (Å²) in [6, 6.07) is 4.94. The van der Waals surface area contributed by atoms with Crippen molar-refractivity contribution < 1.29 is 16.8 Å². The molecule has 1 aromatic carbocycles. The normalized spacial score (nSPS) is 12.4. The Balaban J connectivity index is 2.95. The second kappa shape index (κ2) is 7.63. The zero-order valence-electron chi connectivity index (χ0n) is 12.8. The third-order valence-electron chi connectivity index (χ3n) is 2.95. The highest BCUT2D eigenvalue weighted by Gasteiger charge is 2.20. The topological polar surface area (TPSA) is 83.6 Å². The van der Waals surface area contributed by atoms with E-state index < -0.39 is 20.0 Å². The predicted molar refractivity (Wildman–Crippen MR) is 90.5 cm³/mol. The first kappa shape index (κ1) is 19.2. The summed E-state index contributed by atoms with van der Waals surface area (Å²) in [6.45, 7) is 3.53. The molecule has 0 unspecified atom stereocenters. The molecule has 0 fully saturated rings. The molecule has 0 saturated heterocycles. The van der Waals surface area contributed by atoms with Gasteiger partial charge in [0, 0.05) is 18.1 Å². The van der Waals surface area contributed by atoms with Crippen molar-refractivity contribution in [2.75, 3.05) is 29.4 Å². The van der Waals surface area contributed by atoms with Gasteiger partial charge in [-0.05, 0) is 31.0 Å². The second-order valence-corrected chi connectivity index (χ2v) is 9.25. The number of aryl methyl sites for hydroxylation is 1. The van der Waals surface area contributed by atoms with Crippen LogP contribution in [0.4, 0.5) is 5.69 Å². The molecule has 1 rings (SSSR count). The highest BCUT2D eigenvalue weighted by molar-refractivity contribution is 7.92. The van der Waals surface area contributed by atoms with E-state index in [1.165, 1.54) is 0 Å². The van der Waals surface area contributed by atoms with Crippen molar-refractivity contribution in [2.45, 2.75) is 20.3 Å². The van der Waals surface area contributed by atoms with Gasteiger partial charge in [0.2, 0.25) is 20.0 Å². The number of nitrogens with zero attached hydrogens (tertiary/aromatic N) is 1. The van der Waals surface area contributed by atoms with E-state index in [2.05, 4.69) is 4.72 Å². The van der Waals surface area contributed by atoms with Crippen LogP contribution in [0.1, 0.15) is 18.9 Å².